The highest BCUT2D eigenvalue weighted by atomic mass is 16.2. The average Bonchev–Trinajstić information content (AvgIpc) is 3.35. The van der Waals surface area contributed by atoms with E-state index in [1.165, 1.54) is 5.56 Å². The zero-order valence-electron chi connectivity index (χ0n) is 12.0. The van der Waals surface area contributed by atoms with E-state index in [-0.39, 0.29) is 11.8 Å². The summed E-state index contributed by atoms with van der Waals surface area (Å²) in [7, 11) is 0. The van der Waals surface area contributed by atoms with Crippen molar-refractivity contribution in [2.45, 2.75) is 19.3 Å². The molecule has 2 atom stereocenters. The summed E-state index contributed by atoms with van der Waals surface area (Å²) >= 11 is 0. The molecule has 0 bridgehead atoms. The molecule has 2 aromatic rings. The van der Waals surface area contributed by atoms with Gasteiger partial charge in [0.15, 0.2) is 0 Å². The van der Waals surface area contributed by atoms with E-state index in [1.54, 1.807) is 0 Å². The van der Waals surface area contributed by atoms with Gasteiger partial charge in [0.05, 0.1) is 5.71 Å². The van der Waals surface area contributed by atoms with Gasteiger partial charge in [0, 0.05) is 5.92 Å². The van der Waals surface area contributed by atoms with Gasteiger partial charge in [-0.05, 0) is 30.4 Å². The fourth-order valence-corrected chi connectivity index (χ4v) is 2.52. The molecule has 0 unspecified atom stereocenters. The third kappa shape index (κ3) is 3.19. The molecule has 0 saturated heterocycles. The van der Waals surface area contributed by atoms with Crippen molar-refractivity contribution in [1.82, 2.24) is 5.43 Å². The molecule has 21 heavy (non-hydrogen) atoms. The molecule has 1 saturated carbocycles. The Labute approximate surface area is 124 Å². The number of nitrogens with one attached hydrogen (secondary N) is 1. The average molecular weight is 278 g/mol. The summed E-state index contributed by atoms with van der Waals surface area (Å²) in [5.74, 6) is 0.414. The SMILES string of the molecule is CC(=NNC(=O)[C@@H]1C[C@H]1c1ccccc1)c1ccccc1. The molecule has 0 spiro atoms. The fourth-order valence-electron chi connectivity index (χ4n) is 2.52. The van der Waals surface area contributed by atoms with Gasteiger partial charge in [0.25, 0.3) is 0 Å². The van der Waals surface area contributed by atoms with Crippen LogP contribution in [0.2, 0.25) is 0 Å². The van der Waals surface area contributed by atoms with Gasteiger partial charge in [-0.1, -0.05) is 60.7 Å². The Balaban J connectivity index is 1.59. The second kappa shape index (κ2) is 5.92. The first-order valence-electron chi connectivity index (χ1n) is 7.20. The van der Waals surface area contributed by atoms with E-state index in [4.69, 9.17) is 0 Å². The Morgan fingerprint density at radius 2 is 1.67 bits per heavy atom. The van der Waals surface area contributed by atoms with Crippen LogP contribution in [0.4, 0.5) is 0 Å². The smallest absolute Gasteiger partial charge is 0.243 e. The highest BCUT2D eigenvalue weighted by Gasteiger charge is 2.43. The van der Waals surface area contributed by atoms with Gasteiger partial charge in [0.2, 0.25) is 5.91 Å². The molecule has 0 heterocycles. The van der Waals surface area contributed by atoms with E-state index in [9.17, 15) is 4.79 Å². The van der Waals surface area contributed by atoms with Gasteiger partial charge in [-0.25, -0.2) is 5.43 Å². The van der Waals surface area contributed by atoms with Crippen molar-refractivity contribution in [2.75, 3.05) is 0 Å². The van der Waals surface area contributed by atoms with Crippen molar-refractivity contribution in [1.29, 1.82) is 0 Å². The number of carbonyl (C=O) groups excluding carboxylic acids is 1. The van der Waals surface area contributed by atoms with E-state index in [0.717, 1.165) is 17.7 Å². The minimum absolute atomic E-state index is 0.0131. The van der Waals surface area contributed by atoms with Gasteiger partial charge >= 0.3 is 0 Å². The topological polar surface area (TPSA) is 41.5 Å². The summed E-state index contributed by atoms with van der Waals surface area (Å²) in [6.45, 7) is 1.90. The van der Waals surface area contributed by atoms with Crippen molar-refractivity contribution in [3.63, 3.8) is 0 Å². The van der Waals surface area contributed by atoms with E-state index in [0.29, 0.717) is 5.92 Å². The predicted octanol–water partition coefficient (Wildman–Crippen LogP) is 3.33. The van der Waals surface area contributed by atoms with Crippen LogP contribution in [0.15, 0.2) is 65.8 Å². The third-order valence-electron chi connectivity index (χ3n) is 3.88. The van der Waals surface area contributed by atoms with Crippen LogP contribution in [0, 0.1) is 5.92 Å². The number of hydrogen-bond acceptors (Lipinski definition) is 2. The molecule has 2 aromatic carbocycles. The molecule has 1 aliphatic rings. The van der Waals surface area contributed by atoms with Crippen LogP contribution in [-0.2, 0) is 4.79 Å². The van der Waals surface area contributed by atoms with E-state index >= 15 is 0 Å². The Morgan fingerprint density at radius 3 is 2.33 bits per heavy atom. The summed E-state index contributed by atoms with van der Waals surface area (Å²) in [6.07, 6.45) is 0.912. The van der Waals surface area contributed by atoms with Crippen molar-refractivity contribution < 1.29 is 4.79 Å². The number of rotatable bonds is 4. The number of hydrogen-bond donors (Lipinski definition) is 1. The van der Waals surface area contributed by atoms with Crippen LogP contribution in [0.5, 0.6) is 0 Å². The van der Waals surface area contributed by atoms with Gasteiger partial charge in [-0.3, -0.25) is 4.79 Å². The monoisotopic (exact) mass is 278 g/mol. The van der Waals surface area contributed by atoms with Crippen LogP contribution in [0.25, 0.3) is 0 Å². The van der Waals surface area contributed by atoms with Gasteiger partial charge in [-0.2, -0.15) is 5.10 Å². The maximum atomic E-state index is 12.1. The number of hydrazone groups is 1. The van der Waals surface area contributed by atoms with Crippen LogP contribution < -0.4 is 5.43 Å². The van der Waals surface area contributed by atoms with Crippen LogP contribution in [-0.4, -0.2) is 11.6 Å². The van der Waals surface area contributed by atoms with Crippen LogP contribution in [0.1, 0.15) is 30.4 Å². The Bertz CT molecular complexity index is 649. The third-order valence-corrected chi connectivity index (χ3v) is 3.88. The number of amides is 1. The molecule has 3 rings (SSSR count). The zero-order valence-corrected chi connectivity index (χ0v) is 12.0. The second-order valence-corrected chi connectivity index (χ2v) is 5.40. The fraction of sp³-hybridized carbons (Fsp3) is 0.222. The minimum atomic E-state index is 0.0131. The largest absolute Gasteiger partial charge is 0.273 e. The number of benzene rings is 2. The Hall–Kier alpha value is -2.42. The second-order valence-electron chi connectivity index (χ2n) is 5.40. The van der Waals surface area contributed by atoms with Crippen molar-refractivity contribution in [2.24, 2.45) is 11.0 Å². The molecular formula is C18H18N2O. The molecule has 1 N–H and O–H groups in total. The number of nitrogens with zero attached hydrogens (tertiary/aromatic N) is 1. The normalized spacial score (nSPS) is 20.9. The Kier molecular flexibility index (Phi) is 3.82. The standard InChI is InChI=1S/C18H18N2O/c1-13(14-8-4-2-5-9-14)19-20-18(21)17-12-16(17)15-10-6-3-7-11-15/h2-11,16-17H,12H2,1H3,(H,20,21)/t16-,17+/m0/s1. The molecule has 3 nitrogen and oxygen atoms in total. The lowest BCUT2D eigenvalue weighted by molar-refractivity contribution is -0.122. The zero-order chi connectivity index (χ0) is 14.7. The minimum Gasteiger partial charge on any atom is -0.273 e. The molecular weight excluding hydrogens is 260 g/mol. The molecule has 3 heteroatoms. The van der Waals surface area contributed by atoms with Crippen molar-refractivity contribution in [3.05, 3.63) is 71.8 Å². The quantitative estimate of drug-likeness (QED) is 0.676. The van der Waals surface area contributed by atoms with E-state index < -0.39 is 0 Å². The Morgan fingerprint density at radius 1 is 1.05 bits per heavy atom. The maximum absolute atomic E-state index is 12.1. The van der Waals surface area contributed by atoms with E-state index in [2.05, 4.69) is 22.7 Å². The summed E-state index contributed by atoms with van der Waals surface area (Å²) in [6, 6.07) is 20.0. The van der Waals surface area contributed by atoms with Gasteiger partial charge < -0.3 is 0 Å². The lowest BCUT2D eigenvalue weighted by atomic mass is 10.1. The highest BCUT2D eigenvalue weighted by molar-refractivity contribution is 5.99. The molecule has 0 radical (unpaired) electrons. The molecule has 0 aromatic heterocycles. The van der Waals surface area contributed by atoms with Crippen LogP contribution >= 0.6 is 0 Å². The first-order chi connectivity index (χ1) is 10.3. The molecule has 106 valence electrons. The lowest BCUT2D eigenvalue weighted by Gasteiger charge is -2.03. The summed E-state index contributed by atoms with van der Waals surface area (Å²) in [5, 5.41) is 4.20. The molecule has 1 amide bonds. The van der Waals surface area contributed by atoms with Crippen LogP contribution in [0.3, 0.4) is 0 Å². The predicted molar refractivity (Wildman–Crippen MR) is 84.1 cm³/mol. The molecule has 1 aliphatic carbocycles. The van der Waals surface area contributed by atoms with Crippen molar-refractivity contribution >= 4 is 11.6 Å². The molecule has 1 fully saturated rings. The number of carbonyl (C=O) groups is 1. The lowest BCUT2D eigenvalue weighted by Crippen LogP contribution is -2.21. The molecule has 0 aliphatic heterocycles. The summed E-state index contributed by atoms with van der Waals surface area (Å²) in [5.41, 5.74) is 5.77. The van der Waals surface area contributed by atoms with Gasteiger partial charge in [0.1, 0.15) is 0 Å². The van der Waals surface area contributed by atoms with E-state index in [1.807, 2.05) is 55.5 Å². The first-order valence-corrected chi connectivity index (χ1v) is 7.20. The summed E-state index contributed by atoms with van der Waals surface area (Å²) < 4.78 is 0. The van der Waals surface area contributed by atoms with Gasteiger partial charge in [-0.15, -0.1) is 0 Å². The highest BCUT2D eigenvalue weighted by Crippen LogP contribution is 2.47. The van der Waals surface area contributed by atoms with Crippen molar-refractivity contribution in [3.8, 4) is 0 Å². The maximum Gasteiger partial charge on any atom is 0.243 e. The first kappa shape index (κ1) is 13.6. The summed E-state index contributed by atoms with van der Waals surface area (Å²) in [4.78, 5) is 12.1.